The highest BCUT2D eigenvalue weighted by molar-refractivity contribution is 7.99. The van der Waals surface area contributed by atoms with Gasteiger partial charge in [0.05, 0.1) is 0 Å². The van der Waals surface area contributed by atoms with Crippen LogP contribution in [0, 0.1) is 5.95 Å². The van der Waals surface area contributed by atoms with E-state index in [1.54, 1.807) is 16.2 Å². The first-order valence-corrected chi connectivity index (χ1v) is 8.11. The number of rotatable bonds is 4. The van der Waals surface area contributed by atoms with Gasteiger partial charge in [-0.15, -0.1) is 10.2 Å². The van der Waals surface area contributed by atoms with Gasteiger partial charge in [-0.2, -0.15) is 9.37 Å². The van der Waals surface area contributed by atoms with E-state index in [1.807, 2.05) is 24.5 Å². The molecule has 0 amide bonds. The van der Waals surface area contributed by atoms with Crippen LogP contribution >= 0.6 is 23.5 Å². The third kappa shape index (κ3) is 2.64. The van der Waals surface area contributed by atoms with Gasteiger partial charge in [0, 0.05) is 11.8 Å². The number of halogens is 1. The van der Waals surface area contributed by atoms with E-state index in [1.165, 1.54) is 23.4 Å². The van der Waals surface area contributed by atoms with Crippen LogP contribution < -0.4 is 0 Å². The maximum absolute atomic E-state index is 13.3. The molecule has 0 saturated heterocycles. The lowest BCUT2D eigenvalue weighted by Crippen LogP contribution is -1.98. The predicted molar refractivity (Wildman–Crippen MR) is 78.5 cm³/mol. The van der Waals surface area contributed by atoms with Crippen molar-refractivity contribution in [2.45, 2.75) is 16.1 Å². The van der Waals surface area contributed by atoms with Crippen molar-refractivity contribution in [2.24, 2.45) is 0 Å². The first kappa shape index (κ1) is 13.4. The second kappa shape index (κ2) is 5.80. The molecule has 0 radical (unpaired) electrons. The van der Waals surface area contributed by atoms with Crippen LogP contribution in [0.3, 0.4) is 0 Å². The molecule has 2 aromatic heterocycles. The zero-order valence-corrected chi connectivity index (χ0v) is 12.3. The SMILES string of the molecule is CSc1nc(F)cc2nnc(SCc3ccccc3)n12. The van der Waals surface area contributed by atoms with Crippen molar-refractivity contribution in [3.63, 3.8) is 0 Å². The van der Waals surface area contributed by atoms with Crippen molar-refractivity contribution in [1.82, 2.24) is 19.6 Å². The smallest absolute Gasteiger partial charge is 0.219 e. The van der Waals surface area contributed by atoms with Gasteiger partial charge in [0.25, 0.3) is 0 Å². The summed E-state index contributed by atoms with van der Waals surface area (Å²) in [4.78, 5) is 3.87. The number of nitrogens with zero attached hydrogens (tertiary/aromatic N) is 4. The molecular weight excluding hydrogens is 295 g/mol. The predicted octanol–water partition coefficient (Wildman–Crippen LogP) is 3.28. The number of hydrogen-bond donors (Lipinski definition) is 0. The van der Waals surface area contributed by atoms with Gasteiger partial charge >= 0.3 is 0 Å². The monoisotopic (exact) mass is 306 g/mol. The van der Waals surface area contributed by atoms with Crippen LogP contribution in [0.2, 0.25) is 0 Å². The van der Waals surface area contributed by atoms with Crippen LogP contribution in [0.25, 0.3) is 5.65 Å². The molecule has 0 N–H and O–H groups in total. The minimum Gasteiger partial charge on any atom is -0.248 e. The molecule has 20 heavy (non-hydrogen) atoms. The molecule has 0 atom stereocenters. The van der Waals surface area contributed by atoms with Crippen LogP contribution in [-0.4, -0.2) is 25.8 Å². The van der Waals surface area contributed by atoms with Crippen LogP contribution in [-0.2, 0) is 5.75 Å². The van der Waals surface area contributed by atoms with Crippen molar-refractivity contribution >= 4 is 29.2 Å². The van der Waals surface area contributed by atoms with E-state index in [-0.39, 0.29) is 0 Å². The third-order valence-corrected chi connectivity index (χ3v) is 4.33. The Kier molecular flexibility index (Phi) is 3.88. The molecule has 3 aromatic rings. The van der Waals surface area contributed by atoms with Gasteiger partial charge in [0.2, 0.25) is 5.95 Å². The highest BCUT2D eigenvalue weighted by atomic mass is 32.2. The van der Waals surface area contributed by atoms with Gasteiger partial charge in [-0.05, 0) is 11.8 Å². The standard InChI is InChI=1S/C13H11FN4S2/c1-19-12-15-10(14)7-11-16-17-13(18(11)12)20-8-9-5-3-2-4-6-9/h2-7H,8H2,1H3. The summed E-state index contributed by atoms with van der Waals surface area (Å²) < 4.78 is 15.1. The Labute approximate surface area is 123 Å². The Morgan fingerprint density at radius 2 is 1.95 bits per heavy atom. The van der Waals surface area contributed by atoms with Crippen molar-refractivity contribution in [3.05, 3.63) is 47.9 Å². The van der Waals surface area contributed by atoms with E-state index < -0.39 is 5.95 Å². The molecule has 102 valence electrons. The zero-order chi connectivity index (χ0) is 13.9. The highest BCUT2D eigenvalue weighted by Crippen LogP contribution is 2.25. The Bertz CT molecular complexity index is 730. The summed E-state index contributed by atoms with van der Waals surface area (Å²) in [5.41, 5.74) is 1.69. The van der Waals surface area contributed by atoms with E-state index in [4.69, 9.17) is 0 Å². The van der Waals surface area contributed by atoms with Crippen LogP contribution in [0.1, 0.15) is 5.56 Å². The Morgan fingerprint density at radius 1 is 1.15 bits per heavy atom. The molecule has 0 aliphatic heterocycles. The zero-order valence-electron chi connectivity index (χ0n) is 10.7. The summed E-state index contributed by atoms with van der Waals surface area (Å²) in [6, 6.07) is 11.4. The van der Waals surface area contributed by atoms with E-state index >= 15 is 0 Å². The van der Waals surface area contributed by atoms with Gasteiger partial charge in [0.15, 0.2) is 16.0 Å². The van der Waals surface area contributed by atoms with Gasteiger partial charge < -0.3 is 0 Å². The third-order valence-electron chi connectivity index (χ3n) is 2.69. The fourth-order valence-corrected chi connectivity index (χ4v) is 3.28. The lowest BCUT2D eigenvalue weighted by Gasteiger charge is -2.04. The van der Waals surface area contributed by atoms with Crippen LogP contribution in [0.5, 0.6) is 0 Å². The number of thioether (sulfide) groups is 2. The normalized spacial score (nSPS) is 11.1. The largest absolute Gasteiger partial charge is 0.248 e. The van der Waals surface area contributed by atoms with Crippen LogP contribution in [0.15, 0.2) is 46.7 Å². The quantitative estimate of drug-likeness (QED) is 0.420. The van der Waals surface area contributed by atoms with Gasteiger partial charge in [-0.1, -0.05) is 53.9 Å². The van der Waals surface area contributed by atoms with Crippen molar-refractivity contribution in [1.29, 1.82) is 0 Å². The molecular formula is C13H11FN4S2. The summed E-state index contributed by atoms with van der Waals surface area (Å²) in [5, 5.41) is 9.39. The summed E-state index contributed by atoms with van der Waals surface area (Å²) in [6.45, 7) is 0. The van der Waals surface area contributed by atoms with Crippen LogP contribution in [0.4, 0.5) is 4.39 Å². The molecule has 7 heteroatoms. The first-order valence-electron chi connectivity index (χ1n) is 5.90. The molecule has 1 aromatic carbocycles. The van der Waals surface area contributed by atoms with E-state index in [0.29, 0.717) is 10.8 Å². The van der Waals surface area contributed by atoms with E-state index in [9.17, 15) is 4.39 Å². The van der Waals surface area contributed by atoms with E-state index in [0.717, 1.165) is 10.9 Å². The second-order valence-electron chi connectivity index (χ2n) is 4.02. The lowest BCUT2D eigenvalue weighted by atomic mass is 10.2. The Balaban J connectivity index is 1.92. The molecule has 0 spiro atoms. The van der Waals surface area contributed by atoms with Crippen molar-refractivity contribution < 1.29 is 4.39 Å². The lowest BCUT2D eigenvalue weighted by molar-refractivity contribution is 0.558. The maximum atomic E-state index is 13.3. The summed E-state index contributed by atoms with van der Waals surface area (Å²) in [5.74, 6) is 0.251. The average molecular weight is 306 g/mol. The fourth-order valence-electron chi connectivity index (χ4n) is 1.79. The summed E-state index contributed by atoms with van der Waals surface area (Å²) in [7, 11) is 0. The first-order chi connectivity index (χ1) is 9.78. The number of fused-ring (bicyclic) bond motifs is 1. The number of benzene rings is 1. The van der Waals surface area contributed by atoms with E-state index in [2.05, 4.69) is 27.3 Å². The van der Waals surface area contributed by atoms with Crippen molar-refractivity contribution in [3.8, 4) is 0 Å². The Hall–Kier alpha value is -1.60. The van der Waals surface area contributed by atoms with Crippen molar-refractivity contribution in [2.75, 3.05) is 6.26 Å². The highest BCUT2D eigenvalue weighted by Gasteiger charge is 2.13. The van der Waals surface area contributed by atoms with Gasteiger partial charge in [-0.3, -0.25) is 0 Å². The summed E-state index contributed by atoms with van der Waals surface area (Å²) in [6.07, 6.45) is 1.85. The minimum absolute atomic E-state index is 0.484. The average Bonchev–Trinajstić information content (AvgIpc) is 2.88. The number of aromatic nitrogens is 4. The minimum atomic E-state index is -0.533. The number of hydrogen-bond acceptors (Lipinski definition) is 5. The topological polar surface area (TPSA) is 43.1 Å². The molecule has 0 bridgehead atoms. The molecule has 0 unspecified atom stereocenters. The molecule has 2 heterocycles. The maximum Gasteiger partial charge on any atom is 0.219 e. The molecule has 0 aliphatic carbocycles. The van der Waals surface area contributed by atoms with Gasteiger partial charge in [-0.25, -0.2) is 4.40 Å². The second-order valence-corrected chi connectivity index (χ2v) is 5.73. The summed E-state index contributed by atoms with van der Waals surface area (Å²) >= 11 is 2.93. The molecule has 3 rings (SSSR count). The molecule has 0 saturated carbocycles. The molecule has 0 fully saturated rings. The Morgan fingerprint density at radius 3 is 2.70 bits per heavy atom. The fraction of sp³-hybridized carbons (Fsp3) is 0.154. The van der Waals surface area contributed by atoms with Gasteiger partial charge in [0.1, 0.15) is 0 Å². The molecule has 0 aliphatic rings. The molecule has 4 nitrogen and oxygen atoms in total.